The second-order valence-corrected chi connectivity index (χ2v) is 6.85. The lowest BCUT2D eigenvalue weighted by molar-refractivity contribution is 0.344. The normalized spacial score (nSPS) is 16.2. The van der Waals surface area contributed by atoms with Crippen LogP contribution in [0.4, 0.5) is 0 Å². The monoisotopic (exact) mass is 313 g/mol. The molecular weight excluding hydrogens is 298 g/mol. The van der Waals surface area contributed by atoms with Gasteiger partial charge in [-0.25, -0.2) is 13.1 Å². The molecule has 0 aliphatic carbocycles. The highest BCUT2D eigenvalue weighted by atomic mass is 35.5. The van der Waals surface area contributed by atoms with Crippen molar-refractivity contribution >= 4 is 21.6 Å². The van der Waals surface area contributed by atoms with Gasteiger partial charge in [0.25, 0.3) is 0 Å². The molecule has 7 heteroatoms. The van der Waals surface area contributed by atoms with Crippen molar-refractivity contribution in [2.75, 3.05) is 26.2 Å². The number of benzene rings is 1. The van der Waals surface area contributed by atoms with Gasteiger partial charge in [-0.15, -0.1) is 0 Å². The Hall–Kier alpha value is -1.13. The summed E-state index contributed by atoms with van der Waals surface area (Å²) >= 11 is 5.90. The van der Waals surface area contributed by atoms with Gasteiger partial charge in [0.2, 0.25) is 10.0 Å². The molecule has 1 saturated heterocycles. The van der Waals surface area contributed by atoms with E-state index < -0.39 is 10.0 Å². The van der Waals surface area contributed by atoms with Crippen LogP contribution in [0.5, 0.6) is 0 Å². The highest BCUT2D eigenvalue weighted by Gasteiger charge is 2.19. The first-order chi connectivity index (χ1) is 9.53. The Morgan fingerprint density at radius 2 is 2.05 bits per heavy atom. The van der Waals surface area contributed by atoms with Crippen molar-refractivity contribution in [2.45, 2.75) is 17.7 Å². The predicted molar refractivity (Wildman–Crippen MR) is 77.0 cm³/mol. The Bertz CT molecular complexity index is 619. The van der Waals surface area contributed by atoms with Crippen LogP contribution in [-0.2, 0) is 10.0 Å². The minimum atomic E-state index is -3.67. The average molecular weight is 314 g/mol. The van der Waals surface area contributed by atoms with Gasteiger partial charge in [-0.2, -0.15) is 5.26 Å². The van der Waals surface area contributed by atoms with Crippen molar-refractivity contribution in [3.8, 4) is 6.07 Å². The Balaban J connectivity index is 2.04. The maximum Gasteiger partial charge on any atom is 0.242 e. The molecule has 2 rings (SSSR count). The summed E-state index contributed by atoms with van der Waals surface area (Å²) in [5.74, 6) is 0. The molecule has 1 aromatic rings. The number of rotatable bonds is 5. The molecule has 20 heavy (non-hydrogen) atoms. The van der Waals surface area contributed by atoms with E-state index in [2.05, 4.69) is 9.62 Å². The number of nitrogens with zero attached hydrogens (tertiary/aromatic N) is 2. The van der Waals surface area contributed by atoms with E-state index >= 15 is 0 Å². The fraction of sp³-hybridized carbons (Fsp3) is 0.462. The van der Waals surface area contributed by atoms with E-state index in [9.17, 15) is 8.42 Å². The van der Waals surface area contributed by atoms with Gasteiger partial charge in [0.15, 0.2) is 0 Å². The molecule has 1 aromatic carbocycles. The Labute approximate surface area is 124 Å². The molecule has 0 unspecified atom stereocenters. The first kappa shape index (κ1) is 15.3. The highest BCUT2D eigenvalue weighted by molar-refractivity contribution is 7.89. The molecule has 0 radical (unpaired) electrons. The van der Waals surface area contributed by atoms with Gasteiger partial charge in [-0.05, 0) is 44.1 Å². The molecule has 108 valence electrons. The molecule has 0 atom stereocenters. The van der Waals surface area contributed by atoms with E-state index in [1.807, 2.05) is 6.07 Å². The van der Waals surface area contributed by atoms with E-state index in [1.54, 1.807) is 0 Å². The highest BCUT2D eigenvalue weighted by Crippen LogP contribution is 2.22. The topological polar surface area (TPSA) is 73.2 Å². The van der Waals surface area contributed by atoms with Crippen LogP contribution in [-0.4, -0.2) is 39.5 Å². The van der Waals surface area contributed by atoms with Crippen LogP contribution in [0.25, 0.3) is 0 Å². The summed E-state index contributed by atoms with van der Waals surface area (Å²) in [7, 11) is -3.67. The lowest BCUT2D eigenvalue weighted by Gasteiger charge is -2.15. The number of likely N-dealkylation sites (tertiary alicyclic amines) is 1. The number of hydrogen-bond acceptors (Lipinski definition) is 4. The van der Waals surface area contributed by atoms with Crippen LogP contribution >= 0.6 is 11.6 Å². The van der Waals surface area contributed by atoms with E-state index in [1.165, 1.54) is 31.0 Å². The summed E-state index contributed by atoms with van der Waals surface area (Å²) in [5.41, 5.74) is 0.273. The molecule has 1 aliphatic heterocycles. The number of nitrogens with one attached hydrogen (secondary N) is 1. The van der Waals surface area contributed by atoms with Crippen molar-refractivity contribution in [1.29, 1.82) is 5.26 Å². The second kappa shape index (κ2) is 6.55. The van der Waals surface area contributed by atoms with Gasteiger partial charge in [0.05, 0.1) is 16.7 Å². The smallest absolute Gasteiger partial charge is 0.242 e. The van der Waals surface area contributed by atoms with Gasteiger partial charge in [0, 0.05) is 13.1 Å². The molecule has 0 spiro atoms. The van der Waals surface area contributed by atoms with Gasteiger partial charge < -0.3 is 4.90 Å². The third kappa shape index (κ3) is 3.70. The van der Waals surface area contributed by atoms with Crippen LogP contribution in [0.3, 0.4) is 0 Å². The molecule has 0 bridgehead atoms. The summed E-state index contributed by atoms with van der Waals surface area (Å²) in [6.45, 7) is 3.07. The molecule has 0 saturated carbocycles. The molecule has 1 aliphatic rings. The van der Waals surface area contributed by atoms with Gasteiger partial charge in [-0.1, -0.05) is 11.6 Å². The van der Waals surface area contributed by atoms with Gasteiger partial charge >= 0.3 is 0 Å². The Morgan fingerprint density at radius 1 is 1.35 bits per heavy atom. The maximum atomic E-state index is 12.2. The Kier molecular flexibility index (Phi) is 5.00. The van der Waals surface area contributed by atoms with Crippen molar-refractivity contribution in [2.24, 2.45) is 0 Å². The van der Waals surface area contributed by atoms with E-state index in [4.69, 9.17) is 16.9 Å². The molecule has 1 heterocycles. The predicted octanol–water partition coefficient (Wildman–Crippen LogP) is 1.59. The van der Waals surface area contributed by atoms with Crippen molar-refractivity contribution in [3.63, 3.8) is 0 Å². The lowest BCUT2D eigenvalue weighted by atomic mass is 10.2. The fourth-order valence-corrected chi connectivity index (χ4v) is 3.75. The summed E-state index contributed by atoms with van der Waals surface area (Å²) in [6, 6.07) is 6.12. The standard InChI is InChI=1S/C13H16ClN3O2S/c14-12-4-3-11(10-15)9-13(12)20(18,19)16-5-8-17-6-1-2-7-17/h3-4,9,16H,1-2,5-8H2. The fourth-order valence-electron chi connectivity index (χ4n) is 2.20. The summed E-state index contributed by atoms with van der Waals surface area (Å²) in [5, 5.41) is 8.95. The second-order valence-electron chi connectivity index (χ2n) is 4.70. The maximum absolute atomic E-state index is 12.2. The number of hydrogen-bond donors (Lipinski definition) is 1. The number of nitriles is 1. The first-order valence-electron chi connectivity index (χ1n) is 6.44. The van der Waals surface area contributed by atoms with Crippen molar-refractivity contribution in [3.05, 3.63) is 28.8 Å². The molecule has 5 nitrogen and oxygen atoms in total. The average Bonchev–Trinajstić information content (AvgIpc) is 2.92. The SMILES string of the molecule is N#Cc1ccc(Cl)c(S(=O)(=O)NCCN2CCCC2)c1. The molecule has 0 amide bonds. The quantitative estimate of drug-likeness (QED) is 0.896. The van der Waals surface area contributed by atoms with Gasteiger partial charge in [-0.3, -0.25) is 0 Å². The van der Waals surface area contributed by atoms with E-state index in [-0.39, 0.29) is 15.5 Å². The van der Waals surface area contributed by atoms with Crippen molar-refractivity contribution < 1.29 is 8.42 Å². The Morgan fingerprint density at radius 3 is 2.70 bits per heavy atom. The van der Waals surface area contributed by atoms with Crippen molar-refractivity contribution in [1.82, 2.24) is 9.62 Å². The molecule has 1 N–H and O–H groups in total. The lowest BCUT2D eigenvalue weighted by Crippen LogP contribution is -2.33. The zero-order valence-electron chi connectivity index (χ0n) is 11.0. The number of sulfonamides is 1. The van der Waals surface area contributed by atoms with E-state index in [0.29, 0.717) is 13.1 Å². The summed E-state index contributed by atoms with van der Waals surface area (Å²) in [6.07, 6.45) is 2.34. The summed E-state index contributed by atoms with van der Waals surface area (Å²) in [4.78, 5) is 2.18. The number of halogens is 1. The van der Waals surface area contributed by atoms with Crippen LogP contribution in [0.2, 0.25) is 5.02 Å². The van der Waals surface area contributed by atoms with Gasteiger partial charge in [0.1, 0.15) is 4.90 Å². The van der Waals surface area contributed by atoms with Crippen LogP contribution in [0, 0.1) is 11.3 Å². The zero-order chi connectivity index (χ0) is 14.6. The first-order valence-corrected chi connectivity index (χ1v) is 8.31. The summed E-state index contributed by atoms with van der Waals surface area (Å²) < 4.78 is 26.9. The largest absolute Gasteiger partial charge is 0.302 e. The minimum absolute atomic E-state index is 0.0420. The molecule has 1 fully saturated rings. The van der Waals surface area contributed by atoms with E-state index in [0.717, 1.165) is 13.1 Å². The third-order valence-corrected chi connectivity index (χ3v) is 5.21. The minimum Gasteiger partial charge on any atom is -0.302 e. The zero-order valence-corrected chi connectivity index (χ0v) is 12.5. The molecule has 0 aromatic heterocycles. The third-order valence-electron chi connectivity index (χ3n) is 3.27. The van der Waals surface area contributed by atoms with Crippen LogP contribution in [0.1, 0.15) is 18.4 Å². The molecular formula is C13H16ClN3O2S. The van der Waals surface area contributed by atoms with Crippen LogP contribution < -0.4 is 4.72 Å². The van der Waals surface area contributed by atoms with Crippen LogP contribution in [0.15, 0.2) is 23.1 Å².